The topological polar surface area (TPSA) is 121 Å². The maximum atomic E-state index is 13.5. The molecule has 1 heterocycles. The molecule has 0 aliphatic rings. The number of amides is 2. The van der Waals surface area contributed by atoms with Gasteiger partial charge in [0.05, 0.1) is 23.2 Å². The normalized spacial score (nSPS) is 12.0. The number of alkyl halides is 3. The first kappa shape index (κ1) is 31.5. The number of benzene rings is 3. The van der Waals surface area contributed by atoms with Gasteiger partial charge in [-0.2, -0.15) is 22.6 Å². The zero-order valence-corrected chi connectivity index (χ0v) is 24.0. The van der Waals surface area contributed by atoms with Gasteiger partial charge in [-0.1, -0.05) is 47.5 Å². The van der Waals surface area contributed by atoms with E-state index >= 15 is 0 Å². The van der Waals surface area contributed by atoms with Crippen molar-refractivity contribution in [3.8, 4) is 0 Å². The molecule has 0 unspecified atom stereocenters. The number of hydrogen-bond donors (Lipinski definition) is 2. The number of furan rings is 1. The molecule has 0 aliphatic carbocycles. The standard InChI is InChI=1S/C29H24ClF3N4O5S/c1-19-5-13-26(14-6-19)43(40,41)37(17-20-7-9-22(30)10-8-20)18-25-12-11-24(42-25)16-34-36-28(39)27(38)35-23-4-2-3-21(15-23)29(31,32)33/h2-16H,17-18H2,1H3,(H,35,38)(H,36,39)/b34-16+. The molecule has 1 aromatic heterocycles. The van der Waals surface area contributed by atoms with E-state index in [2.05, 4.69) is 10.4 Å². The number of sulfonamides is 1. The average molecular weight is 633 g/mol. The molecule has 0 aliphatic heterocycles. The van der Waals surface area contributed by atoms with Crippen LogP contribution in [0.4, 0.5) is 18.9 Å². The molecule has 9 nitrogen and oxygen atoms in total. The van der Waals surface area contributed by atoms with Gasteiger partial charge < -0.3 is 9.73 Å². The number of hydrazone groups is 1. The first-order valence-electron chi connectivity index (χ1n) is 12.5. The Morgan fingerprint density at radius 3 is 2.33 bits per heavy atom. The summed E-state index contributed by atoms with van der Waals surface area (Å²) in [6, 6.07) is 20.0. The third-order valence-electron chi connectivity index (χ3n) is 5.96. The minimum atomic E-state index is -4.62. The molecular weight excluding hydrogens is 609 g/mol. The summed E-state index contributed by atoms with van der Waals surface area (Å²) in [5, 5.41) is 6.20. The molecule has 4 rings (SSSR count). The predicted octanol–water partition coefficient (Wildman–Crippen LogP) is 5.74. The Balaban J connectivity index is 1.42. The zero-order valence-electron chi connectivity index (χ0n) is 22.4. The molecule has 4 aromatic rings. The van der Waals surface area contributed by atoms with Crippen LogP contribution in [-0.4, -0.2) is 30.8 Å². The molecule has 0 bridgehead atoms. The number of carbonyl (C=O) groups is 2. The minimum absolute atomic E-state index is 0.0224. The second-order valence-corrected chi connectivity index (χ2v) is 11.6. The molecule has 43 heavy (non-hydrogen) atoms. The second-order valence-electron chi connectivity index (χ2n) is 9.25. The smallest absolute Gasteiger partial charge is 0.416 e. The summed E-state index contributed by atoms with van der Waals surface area (Å²) in [5.41, 5.74) is 2.33. The Labute approximate surface area is 250 Å². The van der Waals surface area contributed by atoms with Crippen LogP contribution in [0.1, 0.15) is 28.2 Å². The lowest BCUT2D eigenvalue weighted by atomic mass is 10.2. The Kier molecular flexibility index (Phi) is 9.69. The fourth-order valence-electron chi connectivity index (χ4n) is 3.77. The maximum Gasteiger partial charge on any atom is 0.416 e. The van der Waals surface area contributed by atoms with Gasteiger partial charge in [0, 0.05) is 17.3 Å². The van der Waals surface area contributed by atoms with Crippen molar-refractivity contribution >= 4 is 45.3 Å². The molecule has 2 N–H and O–H groups in total. The van der Waals surface area contributed by atoms with Crippen molar-refractivity contribution in [2.24, 2.45) is 5.10 Å². The Bertz CT molecular complexity index is 1740. The average Bonchev–Trinajstić information content (AvgIpc) is 3.41. The van der Waals surface area contributed by atoms with E-state index in [1.54, 1.807) is 36.4 Å². The van der Waals surface area contributed by atoms with Gasteiger partial charge in [-0.3, -0.25) is 9.59 Å². The van der Waals surface area contributed by atoms with Crippen LogP contribution in [0.15, 0.2) is 99.3 Å². The highest BCUT2D eigenvalue weighted by Crippen LogP contribution is 2.30. The number of rotatable bonds is 9. The lowest BCUT2D eigenvalue weighted by molar-refractivity contribution is -0.137. The van der Waals surface area contributed by atoms with Gasteiger partial charge in [-0.05, 0) is 67.1 Å². The molecule has 2 amide bonds. The van der Waals surface area contributed by atoms with E-state index in [0.29, 0.717) is 16.7 Å². The van der Waals surface area contributed by atoms with Crippen LogP contribution in [0.2, 0.25) is 5.02 Å². The first-order chi connectivity index (χ1) is 20.3. The van der Waals surface area contributed by atoms with Crippen LogP contribution in [0.5, 0.6) is 0 Å². The van der Waals surface area contributed by atoms with Crippen LogP contribution in [0.3, 0.4) is 0 Å². The molecular formula is C29H24ClF3N4O5S. The van der Waals surface area contributed by atoms with E-state index in [0.717, 1.165) is 23.9 Å². The summed E-state index contributed by atoms with van der Waals surface area (Å²) in [5.74, 6) is -2.08. The molecule has 3 aromatic carbocycles. The Morgan fingerprint density at radius 1 is 0.953 bits per heavy atom. The third kappa shape index (κ3) is 8.53. The number of anilines is 1. The van der Waals surface area contributed by atoms with E-state index in [1.807, 2.05) is 12.3 Å². The van der Waals surface area contributed by atoms with Crippen LogP contribution >= 0.6 is 11.6 Å². The fourth-order valence-corrected chi connectivity index (χ4v) is 5.29. The molecule has 14 heteroatoms. The quantitative estimate of drug-likeness (QED) is 0.138. The highest BCUT2D eigenvalue weighted by atomic mass is 35.5. The Morgan fingerprint density at radius 2 is 1.65 bits per heavy atom. The molecule has 0 spiro atoms. The molecule has 0 saturated heterocycles. The molecule has 224 valence electrons. The lowest BCUT2D eigenvalue weighted by Crippen LogP contribution is -2.32. The Hall–Kier alpha value is -4.46. The van der Waals surface area contributed by atoms with Crippen molar-refractivity contribution < 1.29 is 35.6 Å². The lowest BCUT2D eigenvalue weighted by Gasteiger charge is -2.21. The summed E-state index contributed by atoms with van der Waals surface area (Å²) in [6.07, 6.45) is -3.54. The van der Waals surface area contributed by atoms with Gasteiger partial charge in [-0.25, -0.2) is 13.8 Å². The van der Waals surface area contributed by atoms with Crippen molar-refractivity contribution in [3.63, 3.8) is 0 Å². The number of nitrogens with one attached hydrogen (secondary N) is 2. The summed E-state index contributed by atoms with van der Waals surface area (Å²) < 4.78 is 72.6. The van der Waals surface area contributed by atoms with Crippen molar-refractivity contribution in [2.75, 3.05) is 5.32 Å². The monoisotopic (exact) mass is 632 g/mol. The SMILES string of the molecule is Cc1ccc(S(=O)(=O)N(Cc2ccc(Cl)cc2)Cc2ccc(/C=N/NC(=O)C(=O)Nc3cccc(C(F)(F)F)c3)o2)cc1. The third-order valence-corrected chi connectivity index (χ3v) is 8.02. The van der Waals surface area contributed by atoms with Crippen molar-refractivity contribution in [2.45, 2.75) is 31.1 Å². The van der Waals surface area contributed by atoms with Gasteiger partial charge in [0.25, 0.3) is 0 Å². The summed E-state index contributed by atoms with van der Waals surface area (Å²) >= 11 is 5.97. The fraction of sp³-hybridized carbons (Fsp3) is 0.138. The van der Waals surface area contributed by atoms with E-state index in [-0.39, 0.29) is 35.2 Å². The molecule has 0 saturated carbocycles. The summed E-state index contributed by atoms with van der Waals surface area (Å²) in [7, 11) is -3.95. The summed E-state index contributed by atoms with van der Waals surface area (Å²) in [6.45, 7) is 1.73. The van der Waals surface area contributed by atoms with E-state index in [1.165, 1.54) is 34.6 Å². The highest BCUT2D eigenvalue weighted by Gasteiger charge is 2.31. The van der Waals surface area contributed by atoms with Crippen molar-refractivity contribution in [1.29, 1.82) is 0 Å². The molecule has 0 fully saturated rings. The van der Waals surface area contributed by atoms with Gasteiger partial charge in [0.1, 0.15) is 11.5 Å². The second kappa shape index (κ2) is 13.2. The predicted molar refractivity (Wildman–Crippen MR) is 154 cm³/mol. The highest BCUT2D eigenvalue weighted by molar-refractivity contribution is 7.89. The molecule has 0 radical (unpaired) electrons. The van der Waals surface area contributed by atoms with Crippen molar-refractivity contribution in [3.05, 3.63) is 118 Å². The number of hydrogen-bond acceptors (Lipinski definition) is 6. The number of halogens is 4. The van der Waals surface area contributed by atoms with E-state index in [9.17, 15) is 31.2 Å². The first-order valence-corrected chi connectivity index (χ1v) is 14.3. The number of nitrogens with zero attached hydrogens (tertiary/aromatic N) is 2. The number of aryl methyl sites for hydroxylation is 1. The largest absolute Gasteiger partial charge is 0.459 e. The van der Waals surface area contributed by atoms with Crippen LogP contribution < -0.4 is 10.7 Å². The molecule has 0 atom stereocenters. The summed E-state index contributed by atoms with van der Waals surface area (Å²) in [4.78, 5) is 24.2. The minimum Gasteiger partial charge on any atom is -0.459 e. The van der Waals surface area contributed by atoms with E-state index < -0.39 is 33.6 Å². The number of carbonyl (C=O) groups excluding carboxylic acids is 2. The zero-order chi connectivity index (χ0) is 31.2. The van der Waals surface area contributed by atoms with Gasteiger partial charge >= 0.3 is 18.0 Å². The van der Waals surface area contributed by atoms with Crippen LogP contribution in [0.25, 0.3) is 0 Å². The van der Waals surface area contributed by atoms with Gasteiger partial charge in [0.15, 0.2) is 0 Å². The van der Waals surface area contributed by atoms with Gasteiger partial charge in [-0.15, -0.1) is 0 Å². The van der Waals surface area contributed by atoms with Crippen LogP contribution in [-0.2, 0) is 38.9 Å². The van der Waals surface area contributed by atoms with Gasteiger partial charge in [0.2, 0.25) is 10.0 Å². The van der Waals surface area contributed by atoms with E-state index in [4.69, 9.17) is 16.0 Å². The van der Waals surface area contributed by atoms with Crippen LogP contribution in [0, 0.1) is 6.92 Å². The maximum absolute atomic E-state index is 13.5. The van der Waals surface area contributed by atoms with Crippen molar-refractivity contribution in [1.82, 2.24) is 9.73 Å².